The summed E-state index contributed by atoms with van der Waals surface area (Å²) in [4.78, 5) is 7.71. The fourth-order valence-electron chi connectivity index (χ4n) is 3.74. The molecule has 110 valence electrons. The second kappa shape index (κ2) is 5.68. The van der Waals surface area contributed by atoms with Crippen molar-refractivity contribution in [3.63, 3.8) is 0 Å². The predicted octanol–water partition coefficient (Wildman–Crippen LogP) is 0.447. The minimum absolute atomic E-state index is 0.684. The van der Waals surface area contributed by atoms with E-state index in [0.717, 1.165) is 24.7 Å². The molecule has 3 atom stereocenters. The second-order valence-electron chi connectivity index (χ2n) is 7.01. The van der Waals surface area contributed by atoms with Crippen LogP contribution in [0.15, 0.2) is 0 Å². The van der Waals surface area contributed by atoms with Crippen molar-refractivity contribution < 1.29 is 0 Å². The average molecular weight is 266 g/mol. The molecule has 0 radical (unpaired) electrons. The normalized spacial score (nSPS) is 39.0. The molecule has 2 heterocycles. The van der Waals surface area contributed by atoms with Crippen molar-refractivity contribution in [1.82, 2.24) is 20.0 Å². The van der Waals surface area contributed by atoms with Gasteiger partial charge in [0.2, 0.25) is 0 Å². The molecule has 2 aliphatic heterocycles. The van der Waals surface area contributed by atoms with Crippen LogP contribution >= 0.6 is 0 Å². The van der Waals surface area contributed by atoms with E-state index >= 15 is 0 Å². The summed E-state index contributed by atoms with van der Waals surface area (Å²) in [6.45, 7) is 8.45. The Labute approximate surface area is 118 Å². The second-order valence-corrected chi connectivity index (χ2v) is 7.01. The molecule has 0 amide bonds. The lowest BCUT2D eigenvalue weighted by molar-refractivity contribution is 0.111. The summed E-state index contributed by atoms with van der Waals surface area (Å²) in [6, 6.07) is 3.11. The number of likely N-dealkylation sites (N-methyl/N-ethyl adjacent to an activating group) is 2. The molecule has 3 aliphatic rings. The minimum Gasteiger partial charge on any atom is -0.311 e. The molecule has 1 aliphatic carbocycles. The van der Waals surface area contributed by atoms with Crippen molar-refractivity contribution in [3.05, 3.63) is 0 Å². The van der Waals surface area contributed by atoms with Crippen molar-refractivity contribution >= 4 is 0 Å². The van der Waals surface area contributed by atoms with E-state index < -0.39 is 0 Å². The third-order valence-electron chi connectivity index (χ3n) is 5.26. The average Bonchev–Trinajstić information content (AvgIpc) is 3.15. The molecule has 0 bridgehead atoms. The van der Waals surface area contributed by atoms with E-state index in [0.29, 0.717) is 6.04 Å². The smallest absolute Gasteiger partial charge is 0.0345 e. The van der Waals surface area contributed by atoms with E-state index in [1.807, 2.05) is 0 Å². The van der Waals surface area contributed by atoms with Crippen LogP contribution in [-0.2, 0) is 0 Å². The zero-order chi connectivity index (χ0) is 13.4. The summed E-state index contributed by atoms with van der Waals surface area (Å²) in [5.74, 6) is 0. The van der Waals surface area contributed by atoms with Gasteiger partial charge in [0.25, 0.3) is 0 Å². The number of nitrogens with one attached hydrogen (secondary N) is 1. The Morgan fingerprint density at radius 3 is 2.63 bits per heavy atom. The summed E-state index contributed by atoms with van der Waals surface area (Å²) in [7, 11) is 4.51. The summed E-state index contributed by atoms with van der Waals surface area (Å²) in [5, 5.41) is 3.84. The van der Waals surface area contributed by atoms with Gasteiger partial charge in [0.05, 0.1) is 0 Å². The van der Waals surface area contributed by atoms with E-state index in [-0.39, 0.29) is 0 Å². The molecule has 4 nitrogen and oxygen atoms in total. The monoisotopic (exact) mass is 266 g/mol. The number of piperazine rings is 1. The number of nitrogens with zero attached hydrogens (tertiary/aromatic N) is 3. The van der Waals surface area contributed by atoms with Gasteiger partial charge in [-0.15, -0.1) is 0 Å². The maximum atomic E-state index is 3.84. The molecule has 3 unspecified atom stereocenters. The predicted molar refractivity (Wildman–Crippen MR) is 79.5 cm³/mol. The Kier molecular flexibility index (Phi) is 4.13. The largest absolute Gasteiger partial charge is 0.311 e. The molecule has 0 aromatic carbocycles. The zero-order valence-corrected chi connectivity index (χ0v) is 12.8. The highest BCUT2D eigenvalue weighted by Crippen LogP contribution is 2.33. The van der Waals surface area contributed by atoms with Crippen LogP contribution in [0.3, 0.4) is 0 Å². The topological polar surface area (TPSA) is 21.8 Å². The highest BCUT2D eigenvalue weighted by Gasteiger charge is 2.38. The van der Waals surface area contributed by atoms with Crippen LogP contribution in [-0.4, -0.2) is 85.7 Å². The number of hydrogen-bond acceptors (Lipinski definition) is 4. The lowest BCUT2D eigenvalue weighted by atomic mass is 10.1. The van der Waals surface area contributed by atoms with Crippen LogP contribution in [0.1, 0.15) is 26.2 Å². The lowest BCUT2D eigenvalue weighted by Crippen LogP contribution is -2.55. The Bertz CT molecular complexity index is 305. The Morgan fingerprint density at radius 1 is 1.11 bits per heavy atom. The van der Waals surface area contributed by atoms with Gasteiger partial charge in [0.15, 0.2) is 0 Å². The van der Waals surface area contributed by atoms with E-state index in [4.69, 9.17) is 0 Å². The molecule has 0 aromatic heterocycles. The first kappa shape index (κ1) is 13.8. The van der Waals surface area contributed by atoms with Crippen molar-refractivity contribution in [2.45, 2.75) is 50.4 Å². The molecule has 3 rings (SSSR count). The molecule has 19 heavy (non-hydrogen) atoms. The Balaban J connectivity index is 1.44. The molecule has 0 aromatic rings. The number of hydrogen-bond donors (Lipinski definition) is 1. The first-order chi connectivity index (χ1) is 9.13. The van der Waals surface area contributed by atoms with Crippen LogP contribution in [0.5, 0.6) is 0 Å². The van der Waals surface area contributed by atoms with Gasteiger partial charge in [-0.3, -0.25) is 9.80 Å². The van der Waals surface area contributed by atoms with Gasteiger partial charge >= 0.3 is 0 Å². The Hall–Kier alpha value is -0.160. The summed E-state index contributed by atoms with van der Waals surface area (Å²) in [5.41, 5.74) is 0. The minimum atomic E-state index is 0.684. The summed E-state index contributed by atoms with van der Waals surface area (Å²) in [6.07, 6.45) is 4.21. The fraction of sp³-hybridized carbons (Fsp3) is 1.00. The highest BCUT2D eigenvalue weighted by atomic mass is 15.3. The molecular weight excluding hydrogens is 236 g/mol. The maximum Gasteiger partial charge on any atom is 0.0345 e. The molecular formula is C15H30N4. The first-order valence-electron chi connectivity index (χ1n) is 8.01. The third kappa shape index (κ3) is 3.30. The van der Waals surface area contributed by atoms with Crippen LogP contribution < -0.4 is 5.32 Å². The van der Waals surface area contributed by atoms with Gasteiger partial charge in [-0.1, -0.05) is 0 Å². The molecule has 4 heteroatoms. The third-order valence-corrected chi connectivity index (χ3v) is 5.26. The van der Waals surface area contributed by atoms with E-state index in [9.17, 15) is 0 Å². The van der Waals surface area contributed by atoms with Crippen LogP contribution in [0, 0.1) is 0 Å². The lowest BCUT2D eigenvalue weighted by Gasteiger charge is -2.38. The maximum absolute atomic E-state index is 3.84. The van der Waals surface area contributed by atoms with Crippen molar-refractivity contribution in [2.75, 3.05) is 46.8 Å². The standard InChI is InChI=1S/C15H30N4/c1-12-8-13(10-19(12)14-4-5-14)16-9-15-11-17(2)6-7-18(15)3/h12-16H,4-11H2,1-3H3. The van der Waals surface area contributed by atoms with Gasteiger partial charge in [-0.05, 0) is 40.3 Å². The van der Waals surface area contributed by atoms with Gasteiger partial charge in [-0.25, -0.2) is 0 Å². The SMILES string of the molecule is CC1CC(NCC2CN(C)CCN2C)CN1C1CC1. The zero-order valence-electron chi connectivity index (χ0n) is 12.8. The van der Waals surface area contributed by atoms with Gasteiger partial charge < -0.3 is 10.2 Å². The van der Waals surface area contributed by atoms with E-state index in [1.54, 1.807) is 0 Å². The van der Waals surface area contributed by atoms with Crippen LogP contribution in [0.2, 0.25) is 0 Å². The van der Waals surface area contributed by atoms with Crippen molar-refractivity contribution in [3.8, 4) is 0 Å². The van der Waals surface area contributed by atoms with E-state index in [1.165, 1.54) is 45.4 Å². The van der Waals surface area contributed by atoms with E-state index in [2.05, 4.69) is 41.0 Å². The van der Waals surface area contributed by atoms with Gasteiger partial charge in [0, 0.05) is 56.9 Å². The molecule has 1 saturated carbocycles. The number of likely N-dealkylation sites (tertiary alicyclic amines) is 1. The van der Waals surface area contributed by atoms with Gasteiger partial charge in [0.1, 0.15) is 0 Å². The molecule has 1 N–H and O–H groups in total. The van der Waals surface area contributed by atoms with Crippen molar-refractivity contribution in [2.24, 2.45) is 0 Å². The molecule has 0 spiro atoms. The highest BCUT2D eigenvalue weighted by molar-refractivity contribution is 4.96. The fourth-order valence-corrected chi connectivity index (χ4v) is 3.74. The Morgan fingerprint density at radius 2 is 1.89 bits per heavy atom. The van der Waals surface area contributed by atoms with Crippen LogP contribution in [0.25, 0.3) is 0 Å². The summed E-state index contributed by atoms with van der Waals surface area (Å²) < 4.78 is 0. The quantitative estimate of drug-likeness (QED) is 0.797. The summed E-state index contributed by atoms with van der Waals surface area (Å²) >= 11 is 0. The van der Waals surface area contributed by atoms with Gasteiger partial charge in [-0.2, -0.15) is 0 Å². The number of rotatable bonds is 4. The first-order valence-corrected chi connectivity index (χ1v) is 8.01. The molecule has 2 saturated heterocycles. The molecule has 3 fully saturated rings. The van der Waals surface area contributed by atoms with Crippen molar-refractivity contribution in [1.29, 1.82) is 0 Å². The van der Waals surface area contributed by atoms with Crippen LogP contribution in [0.4, 0.5) is 0 Å².